The zero-order chi connectivity index (χ0) is 21.1. The fraction of sp³-hybridized carbons (Fsp3) is 0.409. The van der Waals surface area contributed by atoms with Crippen LogP contribution in [0, 0.1) is 0 Å². The first kappa shape index (κ1) is 20.5. The van der Waals surface area contributed by atoms with Crippen LogP contribution in [0.15, 0.2) is 53.5 Å². The van der Waals surface area contributed by atoms with Crippen molar-refractivity contribution in [2.24, 2.45) is 10.7 Å². The highest BCUT2D eigenvalue weighted by molar-refractivity contribution is 5.78. The average Bonchev–Trinajstić information content (AvgIpc) is 2.77. The lowest BCUT2D eigenvalue weighted by molar-refractivity contribution is -0.276. The maximum Gasteiger partial charge on any atom is 0.200 e. The Morgan fingerprint density at radius 1 is 1.20 bits per heavy atom. The Labute approximate surface area is 175 Å². The van der Waals surface area contributed by atoms with Crippen molar-refractivity contribution in [3.05, 3.63) is 59.7 Å². The maximum absolute atomic E-state index is 11.3. The third-order valence-electron chi connectivity index (χ3n) is 5.48. The molecule has 8 heteroatoms. The number of benzene rings is 2. The fourth-order valence-corrected chi connectivity index (χ4v) is 3.83. The zero-order valence-corrected chi connectivity index (χ0v) is 17.0. The summed E-state index contributed by atoms with van der Waals surface area (Å²) in [6.45, 7) is 3.29. The number of hydrogen-bond acceptors (Lipinski definition) is 6. The minimum absolute atomic E-state index is 0.214. The van der Waals surface area contributed by atoms with E-state index in [1.807, 2.05) is 30.3 Å². The molecule has 2 aliphatic heterocycles. The molecule has 0 radical (unpaired) electrons. The number of aliphatic hydroxyl groups excluding tert-OH is 1. The number of aliphatic imine (C=N–C) groups is 1. The molecule has 30 heavy (non-hydrogen) atoms. The molecule has 2 heterocycles. The van der Waals surface area contributed by atoms with Crippen LogP contribution in [0.25, 0.3) is 0 Å². The second kappa shape index (κ2) is 8.51. The fourth-order valence-electron chi connectivity index (χ4n) is 3.83. The molecule has 4 rings (SSSR count). The number of anilines is 1. The Morgan fingerprint density at radius 3 is 2.67 bits per heavy atom. The molecule has 0 aromatic heterocycles. The van der Waals surface area contributed by atoms with Gasteiger partial charge < -0.3 is 36.1 Å². The van der Waals surface area contributed by atoms with E-state index in [-0.39, 0.29) is 5.96 Å². The first-order valence-corrected chi connectivity index (χ1v) is 10.1. The first-order chi connectivity index (χ1) is 14.5. The van der Waals surface area contributed by atoms with E-state index in [4.69, 9.17) is 25.7 Å². The van der Waals surface area contributed by atoms with Gasteiger partial charge in [0.05, 0.1) is 25.8 Å². The van der Waals surface area contributed by atoms with Crippen LogP contribution in [0.1, 0.15) is 30.5 Å². The summed E-state index contributed by atoms with van der Waals surface area (Å²) >= 11 is 0. The van der Waals surface area contributed by atoms with Gasteiger partial charge in [0.2, 0.25) is 0 Å². The van der Waals surface area contributed by atoms with Crippen LogP contribution in [0.3, 0.4) is 0 Å². The number of hydrogen-bond donors (Lipinski definition) is 4. The van der Waals surface area contributed by atoms with Crippen LogP contribution in [-0.4, -0.2) is 42.3 Å². The summed E-state index contributed by atoms with van der Waals surface area (Å²) in [6, 6.07) is 14.5. The zero-order valence-electron chi connectivity index (χ0n) is 17.0. The van der Waals surface area contributed by atoms with Gasteiger partial charge in [-0.05, 0) is 37.1 Å². The number of fused-ring (bicyclic) bond motifs is 1. The van der Waals surface area contributed by atoms with E-state index < -0.39 is 24.0 Å². The Balaban J connectivity index is 1.61. The SMILES string of the molecule is CC1(C2OCCCO2)Oc2ccc(N)cc2C(NC(N)=NCc2ccccc2)C1O. The van der Waals surface area contributed by atoms with E-state index in [0.717, 1.165) is 12.0 Å². The molecule has 3 atom stereocenters. The topological polar surface area (TPSA) is 124 Å². The van der Waals surface area contributed by atoms with Crippen molar-refractivity contribution in [3.8, 4) is 5.75 Å². The van der Waals surface area contributed by atoms with Gasteiger partial charge in [-0.25, -0.2) is 4.99 Å². The number of aliphatic hydroxyl groups is 1. The van der Waals surface area contributed by atoms with Crippen LogP contribution in [0.5, 0.6) is 5.75 Å². The Hall–Kier alpha value is -2.81. The van der Waals surface area contributed by atoms with Crippen molar-refractivity contribution in [2.75, 3.05) is 18.9 Å². The van der Waals surface area contributed by atoms with Crippen molar-refractivity contribution < 1.29 is 19.3 Å². The Kier molecular flexibility index (Phi) is 5.80. The predicted octanol–water partition coefficient (Wildman–Crippen LogP) is 1.69. The second-order valence-electron chi connectivity index (χ2n) is 7.76. The van der Waals surface area contributed by atoms with E-state index in [1.54, 1.807) is 25.1 Å². The molecule has 1 fully saturated rings. The lowest BCUT2D eigenvalue weighted by atomic mass is 9.84. The van der Waals surface area contributed by atoms with Gasteiger partial charge in [-0.3, -0.25) is 0 Å². The van der Waals surface area contributed by atoms with Crippen molar-refractivity contribution in [2.45, 2.75) is 43.9 Å². The number of nitrogens with one attached hydrogen (secondary N) is 1. The Bertz CT molecular complexity index is 901. The van der Waals surface area contributed by atoms with Gasteiger partial charge in [-0.2, -0.15) is 0 Å². The molecule has 2 aliphatic rings. The molecular formula is C22H28N4O4. The lowest BCUT2D eigenvalue weighted by Gasteiger charge is -2.48. The normalized spacial score (nSPS) is 27.2. The molecule has 0 bridgehead atoms. The maximum atomic E-state index is 11.3. The molecule has 160 valence electrons. The molecule has 2 aromatic rings. The molecule has 8 nitrogen and oxygen atoms in total. The van der Waals surface area contributed by atoms with Gasteiger partial charge in [0.1, 0.15) is 11.9 Å². The Morgan fingerprint density at radius 2 is 1.93 bits per heavy atom. The van der Waals surface area contributed by atoms with Gasteiger partial charge in [0.25, 0.3) is 0 Å². The highest BCUT2D eigenvalue weighted by Crippen LogP contribution is 2.43. The molecule has 1 saturated heterocycles. The van der Waals surface area contributed by atoms with E-state index >= 15 is 0 Å². The largest absolute Gasteiger partial charge is 0.479 e. The summed E-state index contributed by atoms with van der Waals surface area (Å²) in [5, 5.41) is 14.5. The molecule has 2 aromatic carbocycles. The summed E-state index contributed by atoms with van der Waals surface area (Å²) < 4.78 is 17.7. The number of nitrogens with zero attached hydrogens (tertiary/aromatic N) is 1. The quantitative estimate of drug-likeness (QED) is 0.342. The van der Waals surface area contributed by atoms with Crippen LogP contribution in [-0.2, 0) is 16.0 Å². The number of nitrogen functional groups attached to an aromatic ring is 1. The lowest BCUT2D eigenvalue weighted by Crippen LogP contribution is -2.63. The van der Waals surface area contributed by atoms with Crippen LogP contribution < -0.4 is 21.5 Å². The average molecular weight is 412 g/mol. The van der Waals surface area contributed by atoms with E-state index in [2.05, 4.69) is 10.3 Å². The van der Waals surface area contributed by atoms with Crippen LogP contribution >= 0.6 is 0 Å². The molecule has 0 aliphatic carbocycles. The summed E-state index contributed by atoms with van der Waals surface area (Å²) in [5.74, 6) is 0.800. The molecule has 0 spiro atoms. The van der Waals surface area contributed by atoms with Crippen molar-refractivity contribution >= 4 is 11.6 Å². The molecule has 0 amide bonds. The van der Waals surface area contributed by atoms with Gasteiger partial charge in [-0.15, -0.1) is 0 Å². The van der Waals surface area contributed by atoms with Crippen molar-refractivity contribution in [1.82, 2.24) is 5.32 Å². The van der Waals surface area contributed by atoms with Gasteiger partial charge in [0.15, 0.2) is 17.9 Å². The minimum atomic E-state index is -1.14. The summed E-state index contributed by atoms with van der Waals surface area (Å²) in [5.41, 5.74) is 13.3. The first-order valence-electron chi connectivity index (χ1n) is 10.1. The second-order valence-corrected chi connectivity index (χ2v) is 7.76. The smallest absolute Gasteiger partial charge is 0.200 e. The number of ether oxygens (including phenoxy) is 3. The highest BCUT2D eigenvalue weighted by Gasteiger charge is 2.53. The molecular weight excluding hydrogens is 384 g/mol. The highest BCUT2D eigenvalue weighted by atomic mass is 16.7. The predicted molar refractivity (Wildman–Crippen MR) is 114 cm³/mol. The minimum Gasteiger partial charge on any atom is -0.479 e. The van der Waals surface area contributed by atoms with Crippen molar-refractivity contribution in [3.63, 3.8) is 0 Å². The van der Waals surface area contributed by atoms with Gasteiger partial charge in [-0.1, -0.05) is 30.3 Å². The van der Waals surface area contributed by atoms with Crippen LogP contribution in [0.4, 0.5) is 5.69 Å². The van der Waals surface area contributed by atoms with Crippen LogP contribution in [0.2, 0.25) is 0 Å². The summed E-state index contributed by atoms with van der Waals surface area (Å²) in [4.78, 5) is 4.42. The monoisotopic (exact) mass is 412 g/mol. The van der Waals surface area contributed by atoms with E-state index in [1.165, 1.54) is 0 Å². The van der Waals surface area contributed by atoms with Gasteiger partial charge >= 0.3 is 0 Å². The summed E-state index contributed by atoms with van der Waals surface area (Å²) in [6.07, 6.45) is -0.935. The molecule has 6 N–H and O–H groups in total. The summed E-state index contributed by atoms with van der Waals surface area (Å²) in [7, 11) is 0. The number of rotatable bonds is 4. The third-order valence-corrected chi connectivity index (χ3v) is 5.48. The van der Waals surface area contributed by atoms with Gasteiger partial charge in [0, 0.05) is 11.3 Å². The van der Waals surface area contributed by atoms with Crippen molar-refractivity contribution in [1.29, 1.82) is 0 Å². The molecule has 3 unspecified atom stereocenters. The standard InChI is InChI=1S/C22H28N4O4/c1-22(20-28-10-5-11-29-20)19(27)18(16-12-15(23)8-9-17(16)30-22)26-21(24)25-13-14-6-3-2-4-7-14/h2-4,6-9,12,18-20,27H,5,10-11,13,23H2,1H3,(H3,24,25,26). The van der Waals surface area contributed by atoms with E-state index in [9.17, 15) is 5.11 Å². The number of guanidine groups is 1. The number of nitrogens with two attached hydrogens (primary N) is 2. The van der Waals surface area contributed by atoms with E-state index in [0.29, 0.717) is 36.8 Å². The molecule has 0 saturated carbocycles. The third kappa shape index (κ3) is 4.07.